The van der Waals surface area contributed by atoms with E-state index in [4.69, 9.17) is 16.3 Å². The van der Waals surface area contributed by atoms with Crippen LogP contribution in [0.1, 0.15) is 27.2 Å². The van der Waals surface area contributed by atoms with Gasteiger partial charge in [0.25, 0.3) is 5.56 Å². The molecule has 0 amide bonds. The fourth-order valence-corrected chi connectivity index (χ4v) is 1.55. The largest absolute Gasteiger partial charge is 0.379 e. The summed E-state index contributed by atoms with van der Waals surface area (Å²) in [5.41, 5.74) is -0.0559. The molecule has 0 fully saturated rings. The second-order valence-electron chi connectivity index (χ2n) is 4.72. The van der Waals surface area contributed by atoms with E-state index >= 15 is 0 Å². The van der Waals surface area contributed by atoms with Gasteiger partial charge in [-0.3, -0.25) is 4.79 Å². The molecular formula is C12H20ClN3O2. The van der Waals surface area contributed by atoms with Gasteiger partial charge >= 0.3 is 0 Å². The van der Waals surface area contributed by atoms with Crippen molar-refractivity contribution in [3.05, 3.63) is 21.6 Å². The molecule has 0 aliphatic carbocycles. The molecular weight excluding hydrogens is 254 g/mol. The van der Waals surface area contributed by atoms with Crippen molar-refractivity contribution >= 4 is 17.3 Å². The van der Waals surface area contributed by atoms with Crippen LogP contribution in [0.3, 0.4) is 0 Å². The number of anilines is 1. The molecule has 6 heteroatoms. The Hall–Kier alpha value is -1.07. The summed E-state index contributed by atoms with van der Waals surface area (Å²) >= 11 is 6.03. The van der Waals surface area contributed by atoms with Crippen molar-refractivity contribution in [1.29, 1.82) is 0 Å². The number of nitrogens with one attached hydrogen (secondary N) is 1. The lowest BCUT2D eigenvalue weighted by Gasteiger charge is -2.23. The van der Waals surface area contributed by atoms with Gasteiger partial charge < -0.3 is 10.1 Å². The van der Waals surface area contributed by atoms with E-state index in [1.54, 1.807) is 13.3 Å². The minimum atomic E-state index is -0.332. The predicted molar refractivity (Wildman–Crippen MR) is 73.4 cm³/mol. The Morgan fingerprint density at radius 1 is 1.56 bits per heavy atom. The minimum Gasteiger partial charge on any atom is -0.379 e. The number of methoxy groups -OCH3 is 1. The molecule has 0 aliphatic heterocycles. The van der Waals surface area contributed by atoms with Crippen LogP contribution in [0.4, 0.5) is 5.69 Å². The Bertz CT molecular complexity index is 457. The van der Waals surface area contributed by atoms with Crippen molar-refractivity contribution < 1.29 is 4.74 Å². The van der Waals surface area contributed by atoms with Crippen molar-refractivity contribution in [2.24, 2.45) is 0 Å². The number of aryl methyl sites for hydroxylation is 1. The zero-order chi connectivity index (χ0) is 13.8. The lowest BCUT2D eigenvalue weighted by molar-refractivity contribution is 0.0344. The van der Waals surface area contributed by atoms with Gasteiger partial charge in [0, 0.05) is 20.2 Å². The second kappa shape index (κ2) is 6.20. The summed E-state index contributed by atoms with van der Waals surface area (Å²) in [5.74, 6) is 0. The van der Waals surface area contributed by atoms with E-state index in [0.717, 1.165) is 6.42 Å². The Kier molecular flexibility index (Phi) is 5.16. The van der Waals surface area contributed by atoms with Gasteiger partial charge in [-0.25, -0.2) is 4.68 Å². The summed E-state index contributed by atoms with van der Waals surface area (Å²) in [6.45, 7) is 6.99. The molecule has 5 nitrogen and oxygen atoms in total. The third kappa shape index (κ3) is 3.71. The van der Waals surface area contributed by atoms with E-state index in [1.165, 1.54) is 4.68 Å². The maximum absolute atomic E-state index is 11.9. The van der Waals surface area contributed by atoms with E-state index in [1.807, 2.05) is 20.8 Å². The average Bonchev–Trinajstić information content (AvgIpc) is 2.34. The first-order valence-electron chi connectivity index (χ1n) is 5.96. The van der Waals surface area contributed by atoms with Crippen LogP contribution in [0.15, 0.2) is 11.0 Å². The van der Waals surface area contributed by atoms with Crippen LogP contribution in [0, 0.1) is 0 Å². The van der Waals surface area contributed by atoms with Crippen molar-refractivity contribution in [2.45, 2.75) is 39.3 Å². The van der Waals surface area contributed by atoms with Crippen LogP contribution in [0.5, 0.6) is 0 Å². The SMILES string of the molecule is CCCn1ncc(NCC(C)(C)OC)c(Cl)c1=O. The number of nitrogens with zero attached hydrogens (tertiary/aromatic N) is 2. The highest BCUT2D eigenvalue weighted by Gasteiger charge is 2.17. The summed E-state index contributed by atoms with van der Waals surface area (Å²) in [4.78, 5) is 11.9. The van der Waals surface area contributed by atoms with Crippen LogP contribution < -0.4 is 10.9 Å². The molecule has 0 atom stereocenters. The quantitative estimate of drug-likeness (QED) is 0.863. The van der Waals surface area contributed by atoms with Crippen LogP contribution in [0.2, 0.25) is 5.02 Å². The van der Waals surface area contributed by atoms with E-state index < -0.39 is 0 Å². The molecule has 0 saturated heterocycles. The molecule has 0 unspecified atom stereocenters. The van der Waals surface area contributed by atoms with E-state index in [0.29, 0.717) is 18.8 Å². The number of halogens is 1. The number of hydrogen-bond donors (Lipinski definition) is 1. The molecule has 0 saturated carbocycles. The van der Waals surface area contributed by atoms with Gasteiger partial charge in [-0.15, -0.1) is 0 Å². The lowest BCUT2D eigenvalue weighted by Crippen LogP contribution is -2.33. The van der Waals surface area contributed by atoms with E-state index in [-0.39, 0.29) is 16.2 Å². The molecule has 1 N–H and O–H groups in total. The standard InChI is InChI=1S/C12H20ClN3O2/c1-5-6-16-11(17)10(13)9(7-15-16)14-8-12(2,3)18-4/h7,14H,5-6,8H2,1-4H3. The van der Waals surface area contributed by atoms with Gasteiger partial charge in [0.15, 0.2) is 0 Å². The number of aromatic nitrogens is 2. The van der Waals surface area contributed by atoms with Crippen molar-refractivity contribution in [1.82, 2.24) is 9.78 Å². The molecule has 0 spiro atoms. The Morgan fingerprint density at radius 3 is 2.78 bits per heavy atom. The fraction of sp³-hybridized carbons (Fsp3) is 0.667. The highest BCUT2D eigenvalue weighted by atomic mass is 35.5. The number of rotatable bonds is 6. The van der Waals surface area contributed by atoms with Crippen LogP contribution in [-0.4, -0.2) is 29.0 Å². The molecule has 0 bridgehead atoms. The van der Waals surface area contributed by atoms with Gasteiger partial charge in [-0.1, -0.05) is 18.5 Å². The minimum absolute atomic E-state index is 0.172. The number of hydrogen-bond acceptors (Lipinski definition) is 4. The van der Waals surface area contributed by atoms with Crippen LogP contribution in [-0.2, 0) is 11.3 Å². The molecule has 18 heavy (non-hydrogen) atoms. The first kappa shape index (κ1) is 15.0. The molecule has 0 aliphatic rings. The topological polar surface area (TPSA) is 56.1 Å². The maximum Gasteiger partial charge on any atom is 0.287 e. The Morgan fingerprint density at radius 2 is 2.22 bits per heavy atom. The smallest absolute Gasteiger partial charge is 0.287 e. The van der Waals surface area contributed by atoms with Gasteiger partial charge in [0.1, 0.15) is 5.02 Å². The van der Waals surface area contributed by atoms with Gasteiger partial charge in [-0.05, 0) is 20.3 Å². The van der Waals surface area contributed by atoms with Crippen molar-refractivity contribution in [3.8, 4) is 0 Å². The van der Waals surface area contributed by atoms with Gasteiger partial charge in [0.05, 0.1) is 17.5 Å². The third-order valence-corrected chi connectivity index (χ3v) is 3.04. The van der Waals surface area contributed by atoms with Crippen molar-refractivity contribution in [2.75, 3.05) is 19.0 Å². The van der Waals surface area contributed by atoms with E-state index in [9.17, 15) is 4.79 Å². The van der Waals surface area contributed by atoms with Gasteiger partial charge in [-0.2, -0.15) is 5.10 Å². The summed E-state index contributed by atoms with van der Waals surface area (Å²) in [6, 6.07) is 0. The molecule has 1 aromatic heterocycles. The van der Waals surface area contributed by atoms with E-state index in [2.05, 4.69) is 10.4 Å². The predicted octanol–water partition coefficient (Wildman–Crippen LogP) is 2.14. The molecule has 1 aromatic rings. The molecule has 0 aromatic carbocycles. The second-order valence-corrected chi connectivity index (χ2v) is 5.10. The zero-order valence-corrected chi connectivity index (χ0v) is 12.0. The van der Waals surface area contributed by atoms with Crippen molar-refractivity contribution in [3.63, 3.8) is 0 Å². The Balaban J connectivity index is 2.86. The first-order chi connectivity index (χ1) is 8.41. The maximum atomic E-state index is 11.9. The Labute approximate surface area is 112 Å². The molecule has 1 heterocycles. The first-order valence-corrected chi connectivity index (χ1v) is 6.33. The third-order valence-electron chi connectivity index (χ3n) is 2.68. The summed E-state index contributed by atoms with van der Waals surface area (Å²) in [7, 11) is 1.64. The summed E-state index contributed by atoms with van der Waals surface area (Å²) in [5, 5.41) is 7.32. The normalized spacial score (nSPS) is 11.6. The average molecular weight is 274 g/mol. The van der Waals surface area contributed by atoms with Gasteiger partial charge in [0.2, 0.25) is 0 Å². The number of ether oxygens (including phenoxy) is 1. The zero-order valence-electron chi connectivity index (χ0n) is 11.3. The molecule has 0 radical (unpaired) electrons. The highest BCUT2D eigenvalue weighted by molar-refractivity contribution is 6.32. The lowest BCUT2D eigenvalue weighted by atomic mass is 10.1. The fourth-order valence-electron chi connectivity index (χ4n) is 1.34. The van der Waals surface area contributed by atoms with Crippen LogP contribution >= 0.6 is 11.6 Å². The van der Waals surface area contributed by atoms with Crippen LogP contribution in [0.25, 0.3) is 0 Å². The molecule has 1 rings (SSSR count). The summed E-state index contributed by atoms with van der Waals surface area (Å²) < 4.78 is 6.65. The monoisotopic (exact) mass is 273 g/mol. The summed E-state index contributed by atoms with van der Waals surface area (Å²) in [6.07, 6.45) is 2.41. The highest BCUT2D eigenvalue weighted by Crippen LogP contribution is 2.17. The molecule has 102 valence electrons.